The molecular weight excluding hydrogens is 350 g/mol. The van der Waals surface area contributed by atoms with Crippen molar-refractivity contribution >= 4 is 23.7 Å². The van der Waals surface area contributed by atoms with Crippen molar-refractivity contribution in [1.29, 1.82) is 0 Å². The van der Waals surface area contributed by atoms with E-state index in [1.54, 1.807) is 18.7 Å². The number of likely N-dealkylation sites (N-methyl/N-ethyl adjacent to an activating group) is 2. The molecule has 1 fully saturated rings. The number of hydrogen-bond acceptors (Lipinski definition) is 6. The van der Waals surface area contributed by atoms with E-state index in [1.807, 2.05) is 31.2 Å². The van der Waals surface area contributed by atoms with E-state index in [4.69, 9.17) is 4.74 Å². The molecule has 2 unspecified atom stereocenters. The smallest absolute Gasteiger partial charge is 0.389 e. The van der Waals surface area contributed by atoms with Gasteiger partial charge in [0.2, 0.25) is 11.9 Å². The summed E-state index contributed by atoms with van der Waals surface area (Å²) in [6, 6.07) is 6.36. The van der Waals surface area contributed by atoms with Crippen LogP contribution in [-0.2, 0) is 4.79 Å². The van der Waals surface area contributed by atoms with Crippen LogP contribution in [0.1, 0.15) is 5.56 Å². The van der Waals surface area contributed by atoms with E-state index in [2.05, 4.69) is 10.3 Å². The number of nitrogens with zero attached hydrogens (tertiary/aromatic N) is 4. The third-order valence-corrected chi connectivity index (χ3v) is 4.69. The molecule has 3 rings (SSSR count). The third-order valence-electron chi connectivity index (χ3n) is 4.69. The lowest BCUT2D eigenvalue weighted by Crippen LogP contribution is -2.62. The zero-order valence-electron chi connectivity index (χ0n) is 15.8. The SMILES string of the molecule is CNC1=[N+](CC(O)COc2ccccc2C)C2C(=O)N(C)C(=O)N(C)C2=N1. The van der Waals surface area contributed by atoms with Crippen molar-refractivity contribution in [3.63, 3.8) is 0 Å². The van der Waals surface area contributed by atoms with Crippen LogP contribution in [0.25, 0.3) is 0 Å². The molecule has 0 aliphatic carbocycles. The number of para-hydroxylation sites is 1. The monoisotopic (exact) mass is 374 g/mol. The molecule has 9 heteroatoms. The van der Waals surface area contributed by atoms with Crippen molar-refractivity contribution < 1.29 is 24.0 Å². The lowest BCUT2D eigenvalue weighted by atomic mass is 10.1. The Hall–Kier alpha value is -2.94. The maximum Gasteiger partial charge on any atom is 0.389 e. The molecule has 0 saturated carbocycles. The van der Waals surface area contributed by atoms with E-state index in [-0.39, 0.29) is 19.1 Å². The van der Waals surface area contributed by atoms with Gasteiger partial charge in [0, 0.05) is 14.1 Å². The molecule has 2 heterocycles. The van der Waals surface area contributed by atoms with Gasteiger partial charge in [-0.25, -0.2) is 9.37 Å². The molecule has 144 valence electrons. The second kappa shape index (κ2) is 7.36. The molecule has 1 aromatic rings. The van der Waals surface area contributed by atoms with Crippen LogP contribution in [0.15, 0.2) is 29.3 Å². The average molecular weight is 374 g/mol. The topological polar surface area (TPSA) is 97.5 Å². The summed E-state index contributed by atoms with van der Waals surface area (Å²) in [6.07, 6.45) is -0.858. The first-order valence-electron chi connectivity index (χ1n) is 8.66. The molecule has 0 spiro atoms. The number of hydrogen-bond donors (Lipinski definition) is 2. The van der Waals surface area contributed by atoms with Crippen LogP contribution in [0.2, 0.25) is 0 Å². The van der Waals surface area contributed by atoms with E-state index < -0.39 is 18.2 Å². The maximum atomic E-state index is 12.6. The molecule has 9 nitrogen and oxygen atoms in total. The Morgan fingerprint density at radius 1 is 1.30 bits per heavy atom. The maximum absolute atomic E-state index is 12.6. The molecular formula is C18H24N5O4+. The molecule has 2 N–H and O–H groups in total. The van der Waals surface area contributed by atoms with Crippen molar-refractivity contribution in [3.8, 4) is 5.75 Å². The number of fused-ring (bicyclic) bond motifs is 1. The first-order valence-corrected chi connectivity index (χ1v) is 8.66. The largest absolute Gasteiger partial charge is 0.490 e. The summed E-state index contributed by atoms with van der Waals surface area (Å²) in [6.45, 7) is 2.12. The number of rotatable bonds is 5. The van der Waals surface area contributed by atoms with Gasteiger partial charge in [-0.15, -0.1) is 0 Å². The summed E-state index contributed by atoms with van der Waals surface area (Å²) in [5, 5.41) is 13.4. The van der Waals surface area contributed by atoms with Crippen molar-refractivity contribution in [2.45, 2.75) is 19.1 Å². The summed E-state index contributed by atoms with van der Waals surface area (Å²) in [5.41, 5.74) is 0.975. The Balaban J connectivity index is 1.74. The zero-order chi connectivity index (χ0) is 19.7. The zero-order valence-corrected chi connectivity index (χ0v) is 15.8. The Morgan fingerprint density at radius 2 is 2.00 bits per heavy atom. The fraction of sp³-hybridized carbons (Fsp3) is 0.444. The van der Waals surface area contributed by atoms with E-state index in [9.17, 15) is 14.7 Å². The second-order valence-electron chi connectivity index (χ2n) is 6.57. The number of urea groups is 1. The van der Waals surface area contributed by atoms with Gasteiger partial charge in [-0.1, -0.05) is 23.2 Å². The highest BCUT2D eigenvalue weighted by Crippen LogP contribution is 2.19. The number of carbonyl (C=O) groups is 2. The van der Waals surface area contributed by atoms with Gasteiger partial charge in [0.25, 0.3) is 5.91 Å². The average Bonchev–Trinajstić information content (AvgIpc) is 3.02. The standard InChI is InChI=1S/C18H23N5O4/c1-11-7-5-6-8-13(11)27-10-12(24)9-23-14-15(20-17(23)19-2)21(3)18(26)22(4)16(14)25/h5-8,12,14,24H,9-10H2,1-4H3/p+1. The van der Waals surface area contributed by atoms with Gasteiger partial charge in [0.1, 0.15) is 18.5 Å². The number of benzene rings is 1. The number of amides is 3. The van der Waals surface area contributed by atoms with Crippen LogP contribution < -0.4 is 10.1 Å². The number of aliphatic hydroxyl groups excluding tert-OH is 1. The molecule has 2 aliphatic heterocycles. The molecule has 27 heavy (non-hydrogen) atoms. The van der Waals surface area contributed by atoms with Gasteiger partial charge in [0.05, 0.1) is 13.6 Å². The summed E-state index contributed by atoms with van der Waals surface area (Å²) < 4.78 is 7.35. The molecule has 2 atom stereocenters. The van der Waals surface area contributed by atoms with E-state index in [0.29, 0.717) is 17.5 Å². The summed E-state index contributed by atoms with van der Waals surface area (Å²) >= 11 is 0. The van der Waals surface area contributed by atoms with Crippen LogP contribution in [0.4, 0.5) is 4.79 Å². The number of nitrogens with one attached hydrogen (secondary N) is 1. The molecule has 3 amide bonds. The minimum atomic E-state index is -0.858. The predicted octanol–water partition coefficient (Wildman–Crippen LogP) is -0.373. The lowest BCUT2D eigenvalue weighted by Gasteiger charge is -2.32. The Bertz CT molecular complexity index is 835. The van der Waals surface area contributed by atoms with Crippen molar-refractivity contribution in [1.82, 2.24) is 15.1 Å². The Labute approximate surface area is 157 Å². The van der Waals surface area contributed by atoms with Gasteiger partial charge in [-0.2, -0.15) is 0 Å². The van der Waals surface area contributed by atoms with Gasteiger partial charge in [0.15, 0.2) is 0 Å². The minimum Gasteiger partial charge on any atom is -0.490 e. The first kappa shape index (κ1) is 18.8. The first-order chi connectivity index (χ1) is 12.8. The van der Waals surface area contributed by atoms with E-state index >= 15 is 0 Å². The second-order valence-corrected chi connectivity index (χ2v) is 6.57. The number of guanidine groups is 1. The van der Waals surface area contributed by atoms with Crippen molar-refractivity contribution in [2.75, 3.05) is 34.3 Å². The summed E-state index contributed by atoms with van der Waals surface area (Å²) in [7, 11) is 4.69. The number of imide groups is 1. The number of amidine groups is 1. The highest BCUT2D eigenvalue weighted by atomic mass is 16.5. The molecule has 2 aliphatic rings. The van der Waals surface area contributed by atoms with Crippen LogP contribution in [0.5, 0.6) is 5.75 Å². The number of aliphatic hydroxyl groups is 1. The fourth-order valence-corrected chi connectivity index (χ4v) is 3.17. The molecule has 1 aromatic carbocycles. The number of β-amino-alcohol motifs (C(OH)–C–C–N with tert-alkyl or cyclic N) is 1. The number of carbonyl (C=O) groups excluding carboxylic acids is 2. The van der Waals surface area contributed by atoms with Crippen molar-refractivity contribution in [3.05, 3.63) is 29.8 Å². The third kappa shape index (κ3) is 3.37. The van der Waals surface area contributed by atoms with Gasteiger partial charge >= 0.3 is 12.0 Å². The quantitative estimate of drug-likeness (QED) is 0.686. The van der Waals surface area contributed by atoms with Crippen LogP contribution in [-0.4, -0.2) is 89.7 Å². The molecule has 0 bridgehead atoms. The van der Waals surface area contributed by atoms with E-state index in [1.165, 1.54) is 11.9 Å². The van der Waals surface area contributed by atoms with Crippen molar-refractivity contribution in [2.24, 2.45) is 4.99 Å². The lowest BCUT2D eigenvalue weighted by molar-refractivity contribution is -0.545. The van der Waals surface area contributed by atoms with Gasteiger partial charge in [-0.05, 0) is 18.6 Å². The summed E-state index contributed by atoms with van der Waals surface area (Å²) in [4.78, 5) is 31.5. The minimum absolute atomic E-state index is 0.0687. The predicted molar refractivity (Wildman–Crippen MR) is 99.0 cm³/mol. The van der Waals surface area contributed by atoms with Gasteiger partial charge in [-0.3, -0.25) is 19.9 Å². The fourth-order valence-electron chi connectivity index (χ4n) is 3.17. The number of ether oxygens (including phenoxy) is 1. The Morgan fingerprint density at radius 3 is 2.67 bits per heavy atom. The van der Waals surface area contributed by atoms with Crippen LogP contribution in [0, 0.1) is 6.92 Å². The molecule has 0 aromatic heterocycles. The normalized spacial score (nSPS) is 20.6. The molecule has 0 radical (unpaired) electrons. The van der Waals surface area contributed by atoms with E-state index in [0.717, 1.165) is 10.5 Å². The van der Waals surface area contributed by atoms with Crippen LogP contribution >= 0.6 is 0 Å². The van der Waals surface area contributed by atoms with Crippen LogP contribution in [0.3, 0.4) is 0 Å². The number of aliphatic imine (C=N–C) groups is 1. The Kier molecular flexibility index (Phi) is 5.13. The van der Waals surface area contributed by atoms with Gasteiger partial charge < -0.3 is 9.84 Å². The summed E-state index contributed by atoms with van der Waals surface area (Å²) in [5.74, 6) is 1.09. The number of aryl methyl sites for hydroxylation is 1. The highest BCUT2D eigenvalue weighted by Gasteiger charge is 2.51. The molecule has 1 saturated heterocycles. The highest BCUT2D eigenvalue weighted by molar-refractivity contribution is 6.22.